The minimum Gasteiger partial charge on any atom is -0.391 e. The molecular weight excluding hydrogens is 381 g/mol. The standard InChI is InChI=1S/C24H34FN3O2/c1-5-9-22(24(2,3)4)28-23(30)17-11-8-13-27-20(17)15-21(29)19(26)14-16-10-6-7-12-18(16)25/h6-8,10-13,19,21-22,29H,5,9,14-15,26H2,1-4H3,(H,28,30)/t19-,21+,22?/m1/s1. The molecule has 0 spiro atoms. The van der Waals surface area contributed by atoms with Gasteiger partial charge in [0.1, 0.15) is 5.82 Å². The van der Waals surface area contributed by atoms with E-state index in [0.29, 0.717) is 16.8 Å². The van der Waals surface area contributed by atoms with E-state index in [9.17, 15) is 14.3 Å². The Bertz CT molecular complexity index is 835. The maximum Gasteiger partial charge on any atom is 0.253 e. The smallest absolute Gasteiger partial charge is 0.253 e. The average Bonchev–Trinajstić information content (AvgIpc) is 2.69. The van der Waals surface area contributed by atoms with E-state index in [1.165, 1.54) is 6.07 Å². The summed E-state index contributed by atoms with van der Waals surface area (Å²) in [6, 6.07) is 9.14. The van der Waals surface area contributed by atoms with Crippen LogP contribution < -0.4 is 11.1 Å². The van der Waals surface area contributed by atoms with Crippen molar-refractivity contribution >= 4 is 5.91 Å². The zero-order chi connectivity index (χ0) is 22.3. The summed E-state index contributed by atoms with van der Waals surface area (Å²) in [5.74, 6) is -0.552. The summed E-state index contributed by atoms with van der Waals surface area (Å²) in [7, 11) is 0. The van der Waals surface area contributed by atoms with E-state index >= 15 is 0 Å². The van der Waals surface area contributed by atoms with Crippen LogP contribution in [-0.4, -0.2) is 34.2 Å². The normalized spacial score (nSPS) is 14.8. The molecule has 0 bridgehead atoms. The Hall–Kier alpha value is -2.31. The van der Waals surface area contributed by atoms with Crippen LogP contribution >= 0.6 is 0 Å². The van der Waals surface area contributed by atoms with Gasteiger partial charge in [-0.15, -0.1) is 0 Å². The molecule has 0 aliphatic carbocycles. The van der Waals surface area contributed by atoms with E-state index in [2.05, 4.69) is 38.0 Å². The van der Waals surface area contributed by atoms with Crippen molar-refractivity contribution in [1.29, 1.82) is 0 Å². The first-order valence-electron chi connectivity index (χ1n) is 10.5. The van der Waals surface area contributed by atoms with Crippen LogP contribution in [0.2, 0.25) is 0 Å². The number of benzene rings is 1. The molecule has 0 saturated carbocycles. The van der Waals surface area contributed by atoms with Gasteiger partial charge in [0.15, 0.2) is 0 Å². The molecule has 0 aliphatic heterocycles. The second-order valence-electron chi connectivity index (χ2n) is 8.91. The Kier molecular flexibility index (Phi) is 8.50. The highest BCUT2D eigenvalue weighted by atomic mass is 19.1. The highest BCUT2D eigenvalue weighted by molar-refractivity contribution is 5.95. The number of pyridine rings is 1. The molecule has 1 unspecified atom stereocenters. The highest BCUT2D eigenvalue weighted by Gasteiger charge is 2.27. The third kappa shape index (κ3) is 6.61. The van der Waals surface area contributed by atoms with Gasteiger partial charge in [-0.05, 0) is 42.0 Å². The number of hydrogen-bond acceptors (Lipinski definition) is 4. The first-order valence-corrected chi connectivity index (χ1v) is 10.5. The summed E-state index contributed by atoms with van der Waals surface area (Å²) in [5, 5.41) is 13.7. The molecule has 0 saturated heterocycles. The SMILES string of the molecule is CCCC(NC(=O)c1cccnc1C[C@H](O)[C@H](N)Cc1ccccc1F)C(C)(C)C. The first-order chi connectivity index (χ1) is 14.1. The lowest BCUT2D eigenvalue weighted by molar-refractivity contribution is 0.0893. The van der Waals surface area contributed by atoms with Crippen molar-refractivity contribution in [3.8, 4) is 0 Å². The minimum atomic E-state index is -0.958. The molecule has 1 aromatic heterocycles. The van der Waals surface area contributed by atoms with Crippen LogP contribution in [0.4, 0.5) is 4.39 Å². The Morgan fingerprint density at radius 1 is 1.20 bits per heavy atom. The third-order valence-corrected chi connectivity index (χ3v) is 5.37. The van der Waals surface area contributed by atoms with Gasteiger partial charge in [0.05, 0.1) is 17.4 Å². The van der Waals surface area contributed by atoms with Crippen molar-refractivity contribution in [3.63, 3.8) is 0 Å². The van der Waals surface area contributed by atoms with E-state index in [4.69, 9.17) is 5.73 Å². The fraction of sp³-hybridized carbons (Fsp3) is 0.500. The maximum atomic E-state index is 13.9. The number of amides is 1. The van der Waals surface area contributed by atoms with Gasteiger partial charge < -0.3 is 16.2 Å². The summed E-state index contributed by atoms with van der Waals surface area (Å²) in [4.78, 5) is 17.3. The van der Waals surface area contributed by atoms with E-state index in [-0.39, 0.29) is 36.0 Å². The predicted molar refractivity (Wildman–Crippen MR) is 118 cm³/mol. The van der Waals surface area contributed by atoms with Crippen LogP contribution in [-0.2, 0) is 12.8 Å². The van der Waals surface area contributed by atoms with E-state index < -0.39 is 12.1 Å². The lowest BCUT2D eigenvalue weighted by atomic mass is 9.84. The number of halogens is 1. The molecule has 2 rings (SSSR count). The third-order valence-electron chi connectivity index (χ3n) is 5.37. The van der Waals surface area contributed by atoms with Crippen LogP contribution in [0.1, 0.15) is 62.2 Å². The molecule has 4 N–H and O–H groups in total. The summed E-state index contributed by atoms with van der Waals surface area (Å²) in [5.41, 5.74) is 7.42. The van der Waals surface area contributed by atoms with E-state index in [1.54, 1.807) is 36.5 Å². The van der Waals surface area contributed by atoms with Crippen molar-refractivity contribution in [2.45, 2.75) is 71.6 Å². The lowest BCUT2D eigenvalue weighted by Gasteiger charge is -2.31. The number of aliphatic hydroxyl groups excluding tert-OH is 1. The molecule has 30 heavy (non-hydrogen) atoms. The number of nitrogens with two attached hydrogens (primary N) is 1. The number of nitrogens with zero attached hydrogens (tertiary/aromatic N) is 1. The quantitative estimate of drug-likeness (QED) is 0.583. The summed E-state index contributed by atoms with van der Waals surface area (Å²) in [6.07, 6.45) is 2.79. The zero-order valence-electron chi connectivity index (χ0n) is 18.4. The Morgan fingerprint density at radius 2 is 1.90 bits per heavy atom. The number of hydrogen-bond donors (Lipinski definition) is 3. The van der Waals surface area contributed by atoms with Crippen molar-refractivity contribution in [3.05, 3.63) is 65.2 Å². The van der Waals surface area contributed by atoms with Crippen LogP contribution in [0.15, 0.2) is 42.6 Å². The molecule has 164 valence electrons. The first kappa shape index (κ1) is 24.0. The van der Waals surface area contributed by atoms with Gasteiger partial charge in [-0.25, -0.2) is 4.39 Å². The Morgan fingerprint density at radius 3 is 2.53 bits per heavy atom. The minimum absolute atomic E-state index is 0.0243. The number of carbonyl (C=O) groups is 1. The van der Waals surface area contributed by atoms with Gasteiger partial charge in [0.2, 0.25) is 0 Å². The average molecular weight is 416 g/mol. The van der Waals surface area contributed by atoms with Gasteiger partial charge >= 0.3 is 0 Å². The summed E-state index contributed by atoms with van der Waals surface area (Å²) >= 11 is 0. The molecule has 0 aliphatic rings. The van der Waals surface area contributed by atoms with Crippen LogP contribution in [0, 0.1) is 11.2 Å². The molecule has 1 aromatic carbocycles. The van der Waals surface area contributed by atoms with Crippen molar-refractivity contribution in [2.75, 3.05) is 0 Å². The molecule has 6 heteroatoms. The molecule has 5 nitrogen and oxygen atoms in total. The monoisotopic (exact) mass is 415 g/mol. The maximum absolute atomic E-state index is 13.9. The second kappa shape index (κ2) is 10.6. The van der Waals surface area contributed by atoms with Gasteiger partial charge in [-0.1, -0.05) is 52.3 Å². The zero-order valence-corrected chi connectivity index (χ0v) is 18.4. The summed E-state index contributed by atoms with van der Waals surface area (Å²) < 4.78 is 13.9. The van der Waals surface area contributed by atoms with Gasteiger partial charge in [0, 0.05) is 24.7 Å². The van der Waals surface area contributed by atoms with Gasteiger partial charge in [-0.3, -0.25) is 9.78 Å². The number of carbonyl (C=O) groups excluding carboxylic acids is 1. The predicted octanol–water partition coefficient (Wildman–Crippen LogP) is 3.64. The fourth-order valence-electron chi connectivity index (χ4n) is 3.46. The van der Waals surface area contributed by atoms with Crippen molar-refractivity contribution in [1.82, 2.24) is 10.3 Å². The van der Waals surface area contributed by atoms with E-state index in [1.807, 2.05) is 0 Å². The molecule has 0 radical (unpaired) electrons. The Labute approximate surface area is 178 Å². The topological polar surface area (TPSA) is 88.2 Å². The molecular formula is C24H34FN3O2. The van der Waals surface area contributed by atoms with E-state index in [0.717, 1.165) is 12.8 Å². The van der Waals surface area contributed by atoms with Crippen molar-refractivity contribution in [2.24, 2.45) is 11.1 Å². The number of aromatic nitrogens is 1. The molecule has 3 atom stereocenters. The van der Waals surface area contributed by atoms with Crippen LogP contribution in [0.3, 0.4) is 0 Å². The van der Waals surface area contributed by atoms with Crippen molar-refractivity contribution < 1.29 is 14.3 Å². The van der Waals surface area contributed by atoms with Crippen LogP contribution in [0.5, 0.6) is 0 Å². The van der Waals surface area contributed by atoms with Gasteiger partial charge in [0.25, 0.3) is 5.91 Å². The Balaban J connectivity index is 2.12. The number of rotatable bonds is 9. The highest BCUT2D eigenvalue weighted by Crippen LogP contribution is 2.23. The molecule has 0 fully saturated rings. The summed E-state index contributed by atoms with van der Waals surface area (Å²) in [6.45, 7) is 8.39. The van der Waals surface area contributed by atoms with Gasteiger partial charge in [-0.2, -0.15) is 0 Å². The second-order valence-corrected chi connectivity index (χ2v) is 8.91. The lowest BCUT2D eigenvalue weighted by Crippen LogP contribution is -2.44. The molecule has 1 amide bonds. The molecule has 1 heterocycles. The largest absolute Gasteiger partial charge is 0.391 e. The fourth-order valence-corrected chi connectivity index (χ4v) is 3.46. The van der Waals surface area contributed by atoms with Crippen LogP contribution in [0.25, 0.3) is 0 Å². The number of aliphatic hydroxyl groups is 1. The number of nitrogens with one attached hydrogen (secondary N) is 1. The molecule has 2 aromatic rings.